The van der Waals surface area contributed by atoms with Crippen molar-refractivity contribution in [2.75, 3.05) is 6.54 Å². The molecule has 0 radical (unpaired) electrons. The van der Waals surface area contributed by atoms with Crippen molar-refractivity contribution in [3.8, 4) is 0 Å². The molecular weight excluding hydrogens is 234 g/mol. The predicted molar refractivity (Wildman–Crippen MR) is 80.0 cm³/mol. The van der Waals surface area contributed by atoms with E-state index in [1.54, 1.807) is 0 Å². The van der Waals surface area contributed by atoms with Gasteiger partial charge in [-0.25, -0.2) is 4.98 Å². The molecule has 1 saturated carbocycles. The van der Waals surface area contributed by atoms with Crippen LogP contribution in [0.3, 0.4) is 0 Å². The Bertz CT molecular complexity index is 356. The summed E-state index contributed by atoms with van der Waals surface area (Å²) < 4.78 is 2.16. The van der Waals surface area contributed by atoms with Crippen LogP contribution in [-0.4, -0.2) is 22.1 Å². The number of nitrogens with zero attached hydrogens (tertiary/aromatic N) is 2. The number of hydrogen-bond donors (Lipinski definition) is 1. The zero-order valence-corrected chi connectivity index (χ0v) is 12.7. The number of nitrogens with one attached hydrogen (secondary N) is 1. The Morgan fingerprint density at radius 3 is 2.89 bits per heavy atom. The van der Waals surface area contributed by atoms with Crippen LogP contribution in [0.5, 0.6) is 0 Å². The van der Waals surface area contributed by atoms with E-state index < -0.39 is 0 Å². The molecule has 3 heteroatoms. The second-order valence-corrected chi connectivity index (χ2v) is 6.95. The van der Waals surface area contributed by atoms with Gasteiger partial charge in [0.1, 0.15) is 0 Å². The van der Waals surface area contributed by atoms with Crippen molar-refractivity contribution in [3.05, 3.63) is 18.7 Å². The van der Waals surface area contributed by atoms with Crippen LogP contribution in [0.2, 0.25) is 0 Å². The van der Waals surface area contributed by atoms with Gasteiger partial charge < -0.3 is 9.88 Å². The second kappa shape index (κ2) is 6.56. The van der Waals surface area contributed by atoms with Crippen LogP contribution in [-0.2, 0) is 6.54 Å². The van der Waals surface area contributed by atoms with Gasteiger partial charge in [-0.3, -0.25) is 0 Å². The quantitative estimate of drug-likeness (QED) is 0.797. The standard InChI is InChI=1S/C16H29N3/c1-14-12-16(2,3)7-6-15(14)18-8-4-5-10-19-11-9-17-13-19/h9,11,13-15,18H,4-8,10,12H2,1-3H3. The maximum absolute atomic E-state index is 4.07. The number of unbranched alkanes of at least 4 members (excludes halogenated alkanes) is 1. The van der Waals surface area contributed by atoms with Gasteiger partial charge in [-0.05, 0) is 50.0 Å². The number of imidazole rings is 1. The third-order valence-corrected chi connectivity index (χ3v) is 4.50. The SMILES string of the molecule is CC1CC(C)(C)CCC1NCCCCn1ccnc1. The lowest BCUT2D eigenvalue weighted by Crippen LogP contribution is -2.42. The minimum absolute atomic E-state index is 0.555. The molecule has 0 aliphatic heterocycles. The van der Waals surface area contributed by atoms with Gasteiger partial charge in [0, 0.05) is 25.0 Å². The molecule has 1 aromatic heterocycles. The normalized spacial score (nSPS) is 26.5. The van der Waals surface area contributed by atoms with E-state index in [0.29, 0.717) is 5.41 Å². The Hall–Kier alpha value is -0.830. The van der Waals surface area contributed by atoms with E-state index in [-0.39, 0.29) is 0 Å². The maximum atomic E-state index is 4.07. The smallest absolute Gasteiger partial charge is 0.0945 e. The molecule has 0 spiro atoms. The van der Waals surface area contributed by atoms with Crippen molar-refractivity contribution in [1.29, 1.82) is 0 Å². The summed E-state index contributed by atoms with van der Waals surface area (Å²) in [7, 11) is 0. The van der Waals surface area contributed by atoms with E-state index >= 15 is 0 Å². The fourth-order valence-electron chi connectivity index (χ4n) is 3.38. The molecule has 2 atom stereocenters. The lowest BCUT2D eigenvalue weighted by Gasteiger charge is -2.39. The van der Waals surface area contributed by atoms with Crippen LogP contribution in [0.25, 0.3) is 0 Å². The lowest BCUT2D eigenvalue weighted by molar-refractivity contribution is 0.149. The van der Waals surface area contributed by atoms with E-state index in [1.165, 1.54) is 32.1 Å². The van der Waals surface area contributed by atoms with Crippen LogP contribution >= 0.6 is 0 Å². The van der Waals surface area contributed by atoms with E-state index in [9.17, 15) is 0 Å². The van der Waals surface area contributed by atoms with Gasteiger partial charge >= 0.3 is 0 Å². The van der Waals surface area contributed by atoms with Crippen molar-refractivity contribution >= 4 is 0 Å². The molecule has 0 aromatic carbocycles. The molecule has 19 heavy (non-hydrogen) atoms. The van der Waals surface area contributed by atoms with Crippen molar-refractivity contribution in [2.45, 2.75) is 65.5 Å². The zero-order chi connectivity index (χ0) is 13.7. The van der Waals surface area contributed by atoms with Gasteiger partial charge in [0.2, 0.25) is 0 Å². The summed E-state index contributed by atoms with van der Waals surface area (Å²) in [6.45, 7) is 9.47. The first-order chi connectivity index (χ1) is 9.07. The van der Waals surface area contributed by atoms with Gasteiger partial charge in [-0.2, -0.15) is 0 Å². The Labute approximate surface area is 117 Å². The summed E-state index contributed by atoms with van der Waals surface area (Å²) in [4.78, 5) is 4.07. The molecule has 3 nitrogen and oxygen atoms in total. The summed E-state index contributed by atoms with van der Waals surface area (Å²) in [5.74, 6) is 0.817. The molecular formula is C16H29N3. The minimum atomic E-state index is 0.555. The van der Waals surface area contributed by atoms with Crippen molar-refractivity contribution < 1.29 is 0 Å². The first-order valence-corrected chi connectivity index (χ1v) is 7.76. The highest BCUT2D eigenvalue weighted by molar-refractivity contribution is 4.86. The molecule has 108 valence electrons. The highest BCUT2D eigenvalue weighted by atomic mass is 15.0. The minimum Gasteiger partial charge on any atom is -0.337 e. The molecule has 2 unspecified atom stereocenters. The molecule has 0 saturated heterocycles. The summed E-state index contributed by atoms with van der Waals surface area (Å²) in [6.07, 6.45) is 12.3. The third-order valence-electron chi connectivity index (χ3n) is 4.50. The van der Waals surface area contributed by atoms with E-state index in [4.69, 9.17) is 0 Å². The van der Waals surface area contributed by atoms with Crippen molar-refractivity contribution in [1.82, 2.24) is 14.9 Å². The van der Waals surface area contributed by atoms with Crippen LogP contribution in [0.1, 0.15) is 52.9 Å². The monoisotopic (exact) mass is 263 g/mol. The molecule has 2 rings (SSSR count). The van der Waals surface area contributed by atoms with Gasteiger partial charge in [-0.1, -0.05) is 20.8 Å². The highest BCUT2D eigenvalue weighted by Crippen LogP contribution is 2.38. The lowest BCUT2D eigenvalue weighted by atomic mass is 9.70. The van der Waals surface area contributed by atoms with E-state index in [0.717, 1.165) is 25.0 Å². The molecule has 0 amide bonds. The number of aromatic nitrogens is 2. The topological polar surface area (TPSA) is 29.9 Å². The Balaban J connectivity index is 1.58. The average Bonchev–Trinajstić information content (AvgIpc) is 2.83. The number of hydrogen-bond acceptors (Lipinski definition) is 2. The molecule has 1 aliphatic carbocycles. The Morgan fingerprint density at radius 1 is 1.37 bits per heavy atom. The fraction of sp³-hybridized carbons (Fsp3) is 0.812. The molecule has 1 fully saturated rings. The molecule has 1 aromatic rings. The van der Waals surface area contributed by atoms with Crippen LogP contribution < -0.4 is 5.32 Å². The van der Waals surface area contributed by atoms with Gasteiger partial charge in [0.15, 0.2) is 0 Å². The Kier molecular flexibility index (Phi) is 5.03. The first kappa shape index (κ1) is 14.6. The first-order valence-electron chi connectivity index (χ1n) is 7.76. The van der Waals surface area contributed by atoms with Crippen molar-refractivity contribution in [2.24, 2.45) is 11.3 Å². The predicted octanol–water partition coefficient (Wildman–Crippen LogP) is 3.47. The largest absolute Gasteiger partial charge is 0.337 e. The highest BCUT2D eigenvalue weighted by Gasteiger charge is 2.31. The summed E-state index contributed by atoms with van der Waals surface area (Å²) in [5, 5.41) is 3.76. The average molecular weight is 263 g/mol. The molecule has 1 N–H and O–H groups in total. The number of aryl methyl sites for hydroxylation is 1. The maximum Gasteiger partial charge on any atom is 0.0945 e. The van der Waals surface area contributed by atoms with Gasteiger partial charge in [0.05, 0.1) is 6.33 Å². The molecule has 1 heterocycles. The van der Waals surface area contributed by atoms with Gasteiger partial charge in [0.25, 0.3) is 0 Å². The summed E-state index contributed by atoms with van der Waals surface area (Å²) >= 11 is 0. The van der Waals surface area contributed by atoms with E-state index in [2.05, 4.69) is 35.6 Å². The third kappa shape index (κ3) is 4.64. The van der Waals surface area contributed by atoms with Crippen LogP contribution in [0.15, 0.2) is 18.7 Å². The van der Waals surface area contributed by atoms with Gasteiger partial charge in [-0.15, -0.1) is 0 Å². The molecule has 1 aliphatic rings. The fourth-order valence-corrected chi connectivity index (χ4v) is 3.38. The van der Waals surface area contributed by atoms with Crippen molar-refractivity contribution in [3.63, 3.8) is 0 Å². The van der Waals surface area contributed by atoms with Crippen LogP contribution in [0, 0.1) is 11.3 Å². The number of rotatable bonds is 6. The zero-order valence-electron chi connectivity index (χ0n) is 12.7. The second-order valence-electron chi connectivity index (χ2n) is 6.95. The van der Waals surface area contributed by atoms with Crippen LogP contribution in [0.4, 0.5) is 0 Å². The molecule has 0 bridgehead atoms. The summed E-state index contributed by atoms with van der Waals surface area (Å²) in [5.41, 5.74) is 0.555. The summed E-state index contributed by atoms with van der Waals surface area (Å²) in [6, 6.07) is 0.737. The Morgan fingerprint density at radius 2 is 2.21 bits per heavy atom. The van der Waals surface area contributed by atoms with E-state index in [1.807, 2.05) is 18.7 Å².